The Kier molecular flexibility index (Phi) is 3.83. The van der Waals surface area contributed by atoms with Gasteiger partial charge in [-0.3, -0.25) is 0 Å². The second-order valence-corrected chi connectivity index (χ2v) is 5.21. The summed E-state index contributed by atoms with van der Waals surface area (Å²) < 4.78 is 5.76. The monoisotopic (exact) mass is 286 g/mol. The number of hydrogen-bond acceptors (Lipinski definition) is 5. The third-order valence-electron chi connectivity index (χ3n) is 2.71. The first-order valence-corrected chi connectivity index (χ1v) is 7.24. The number of H-pyrrole nitrogens is 1. The predicted molar refractivity (Wildman–Crippen MR) is 78.0 cm³/mol. The molecule has 20 heavy (non-hydrogen) atoms. The van der Waals surface area contributed by atoms with Gasteiger partial charge in [0.25, 0.3) is 0 Å². The minimum atomic E-state index is 0.675. The van der Waals surface area contributed by atoms with E-state index in [0.29, 0.717) is 12.3 Å². The lowest BCUT2D eigenvalue weighted by molar-refractivity contribution is 0.310. The summed E-state index contributed by atoms with van der Waals surface area (Å²) in [4.78, 5) is 16.7. The average molecular weight is 286 g/mol. The van der Waals surface area contributed by atoms with Gasteiger partial charge in [0.05, 0.1) is 17.8 Å². The Bertz CT molecular complexity index is 713. The summed E-state index contributed by atoms with van der Waals surface area (Å²) >= 11 is 1.55. The van der Waals surface area contributed by atoms with E-state index in [0.717, 1.165) is 27.6 Å². The zero-order chi connectivity index (χ0) is 13.8. The molecule has 0 radical (unpaired) electrons. The number of benzene rings is 1. The normalized spacial score (nSPS) is 10.8. The van der Waals surface area contributed by atoms with Crippen molar-refractivity contribution in [3.63, 3.8) is 0 Å². The molecule has 0 unspecified atom stereocenters. The van der Waals surface area contributed by atoms with E-state index in [-0.39, 0.29) is 0 Å². The molecule has 2 heterocycles. The number of hydrogen-bond donors (Lipinski definition) is 1. The highest BCUT2D eigenvalue weighted by atomic mass is 32.2. The number of aromatic nitrogens is 4. The van der Waals surface area contributed by atoms with Crippen molar-refractivity contribution in [1.82, 2.24) is 19.9 Å². The molecule has 102 valence electrons. The van der Waals surface area contributed by atoms with Crippen LogP contribution < -0.4 is 4.74 Å². The summed E-state index contributed by atoms with van der Waals surface area (Å²) in [6, 6.07) is 7.97. The van der Waals surface area contributed by atoms with Crippen molar-refractivity contribution < 1.29 is 4.74 Å². The van der Waals surface area contributed by atoms with Crippen LogP contribution in [0, 0.1) is 0 Å². The van der Waals surface area contributed by atoms with E-state index < -0.39 is 0 Å². The quantitative estimate of drug-likeness (QED) is 0.729. The van der Waals surface area contributed by atoms with Crippen molar-refractivity contribution in [2.75, 3.05) is 6.61 Å². The smallest absolute Gasteiger partial charge is 0.181 e. The number of nitrogens with one attached hydrogen (secondary N) is 1. The number of rotatable bonds is 5. The van der Waals surface area contributed by atoms with Crippen molar-refractivity contribution in [2.24, 2.45) is 0 Å². The first-order chi connectivity index (χ1) is 9.88. The maximum Gasteiger partial charge on any atom is 0.181 e. The van der Waals surface area contributed by atoms with E-state index in [2.05, 4.69) is 26.9 Å². The van der Waals surface area contributed by atoms with Gasteiger partial charge in [-0.2, -0.15) is 0 Å². The fraction of sp³-hybridized carbons (Fsp3) is 0.214. The molecule has 1 N–H and O–H groups in total. The molecule has 0 bridgehead atoms. The highest BCUT2D eigenvalue weighted by molar-refractivity contribution is 7.99. The van der Waals surface area contributed by atoms with Gasteiger partial charge in [-0.05, 0) is 18.6 Å². The molecular formula is C14H14N4OS. The standard InChI is InChI=1S/C14H14N4OS/c1-2-7-19-10-5-3-4-6-11(10)20-14-12-13(16-8-15-12)17-9-18-14/h3-6,8-9H,2,7H2,1H3,(H,15,16,17,18). The van der Waals surface area contributed by atoms with E-state index in [1.165, 1.54) is 6.33 Å². The molecular weight excluding hydrogens is 272 g/mol. The maximum atomic E-state index is 5.76. The van der Waals surface area contributed by atoms with E-state index in [9.17, 15) is 0 Å². The van der Waals surface area contributed by atoms with Crippen molar-refractivity contribution in [3.05, 3.63) is 36.9 Å². The molecule has 3 aromatic rings. The molecule has 0 saturated carbocycles. The number of fused-ring (bicyclic) bond motifs is 1. The van der Waals surface area contributed by atoms with Gasteiger partial charge < -0.3 is 9.72 Å². The van der Waals surface area contributed by atoms with Crippen molar-refractivity contribution in [1.29, 1.82) is 0 Å². The van der Waals surface area contributed by atoms with Crippen LogP contribution in [-0.4, -0.2) is 26.5 Å². The number of para-hydroxylation sites is 1. The van der Waals surface area contributed by atoms with E-state index >= 15 is 0 Å². The molecule has 0 fully saturated rings. The molecule has 0 aliphatic heterocycles. The largest absolute Gasteiger partial charge is 0.492 e. The Morgan fingerprint density at radius 2 is 2.10 bits per heavy atom. The van der Waals surface area contributed by atoms with Crippen LogP contribution in [-0.2, 0) is 0 Å². The average Bonchev–Trinajstić information content (AvgIpc) is 2.96. The fourth-order valence-electron chi connectivity index (χ4n) is 1.79. The molecule has 5 nitrogen and oxygen atoms in total. The minimum Gasteiger partial charge on any atom is -0.492 e. The van der Waals surface area contributed by atoms with Gasteiger partial charge in [0, 0.05) is 0 Å². The van der Waals surface area contributed by atoms with Crippen LogP contribution in [0.15, 0.2) is 46.8 Å². The van der Waals surface area contributed by atoms with Crippen molar-refractivity contribution in [2.45, 2.75) is 23.3 Å². The molecule has 0 atom stereocenters. The van der Waals surface area contributed by atoms with E-state index in [1.807, 2.05) is 24.3 Å². The van der Waals surface area contributed by atoms with E-state index in [1.54, 1.807) is 18.1 Å². The van der Waals surface area contributed by atoms with Crippen LogP contribution >= 0.6 is 11.8 Å². The lowest BCUT2D eigenvalue weighted by atomic mass is 10.3. The highest BCUT2D eigenvalue weighted by Gasteiger charge is 2.10. The molecule has 0 spiro atoms. The molecule has 0 saturated heterocycles. The van der Waals surface area contributed by atoms with Gasteiger partial charge in [0.1, 0.15) is 22.6 Å². The summed E-state index contributed by atoms with van der Waals surface area (Å²) in [6.45, 7) is 2.80. The topological polar surface area (TPSA) is 63.7 Å². The second-order valence-electron chi connectivity index (χ2n) is 4.18. The summed E-state index contributed by atoms with van der Waals surface area (Å²) in [5, 5.41) is 0.847. The molecule has 1 aromatic carbocycles. The predicted octanol–water partition coefficient (Wildman–Crippen LogP) is 3.29. The molecule has 0 amide bonds. The van der Waals surface area contributed by atoms with Crippen LogP contribution in [0.5, 0.6) is 5.75 Å². The van der Waals surface area contributed by atoms with Gasteiger partial charge in [-0.25, -0.2) is 15.0 Å². The molecule has 3 rings (SSSR count). The third-order valence-corrected chi connectivity index (χ3v) is 3.77. The maximum absolute atomic E-state index is 5.76. The number of imidazole rings is 1. The lowest BCUT2D eigenvalue weighted by Gasteiger charge is -2.09. The number of ether oxygens (including phenoxy) is 1. The molecule has 0 aliphatic carbocycles. The molecule has 2 aromatic heterocycles. The minimum absolute atomic E-state index is 0.675. The second kappa shape index (κ2) is 5.92. The summed E-state index contributed by atoms with van der Waals surface area (Å²) in [6.07, 6.45) is 4.14. The zero-order valence-electron chi connectivity index (χ0n) is 11.0. The first-order valence-electron chi connectivity index (χ1n) is 6.42. The van der Waals surface area contributed by atoms with Gasteiger partial charge in [-0.15, -0.1) is 0 Å². The molecule has 0 aliphatic rings. The Morgan fingerprint density at radius 3 is 3.00 bits per heavy atom. The summed E-state index contributed by atoms with van der Waals surface area (Å²) in [5.41, 5.74) is 1.53. The SMILES string of the molecule is CCCOc1ccccc1Sc1ncnc2nc[nH]c12. The van der Waals surface area contributed by atoms with Crippen LogP contribution in [0.25, 0.3) is 11.2 Å². The fourth-order valence-corrected chi connectivity index (χ4v) is 2.72. The van der Waals surface area contributed by atoms with Gasteiger partial charge in [-0.1, -0.05) is 30.8 Å². The van der Waals surface area contributed by atoms with Gasteiger partial charge >= 0.3 is 0 Å². The Hall–Kier alpha value is -2.08. The Morgan fingerprint density at radius 1 is 1.20 bits per heavy atom. The van der Waals surface area contributed by atoms with Crippen LogP contribution in [0.4, 0.5) is 0 Å². The molecule has 6 heteroatoms. The van der Waals surface area contributed by atoms with Crippen molar-refractivity contribution in [3.8, 4) is 5.75 Å². The van der Waals surface area contributed by atoms with Crippen LogP contribution in [0.1, 0.15) is 13.3 Å². The van der Waals surface area contributed by atoms with Crippen LogP contribution in [0.2, 0.25) is 0 Å². The number of nitrogens with zero attached hydrogens (tertiary/aromatic N) is 3. The first kappa shape index (κ1) is 12.9. The zero-order valence-corrected chi connectivity index (χ0v) is 11.9. The lowest BCUT2D eigenvalue weighted by Crippen LogP contribution is -1.96. The Balaban J connectivity index is 1.93. The highest BCUT2D eigenvalue weighted by Crippen LogP contribution is 2.35. The van der Waals surface area contributed by atoms with Gasteiger partial charge in [0.2, 0.25) is 0 Å². The van der Waals surface area contributed by atoms with Crippen molar-refractivity contribution >= 4 is 22.9 Å². The summed E-state index contributed by atoms with van der Waals surface area (Å²) in [7, 11) is 0. The van der Waals surface area contributed by atoms with Crippen LogP contribution in [0.3, 0.4) is 0 Å². The Labute approximate surface area is 120 Å². The third kappa shape index (κ3) is 2.60. The summed E-state index contributed by atoms with van der Waals surface area (Å²) in [5.74, 6) is 0.880. The van der Waals surface area contributed by atoms with Gasteiger partial charge in [0.15, 0.2) is 5.65 Å². The number of aromatic amines is 1. The van der Waals surface area contributed by atoms with E-state index in [4.69, 9.17) is 4.74 Å².